The van der Waals surface area contributed by atoms with Gasteiger partial charge in [0.2, 0.25) is 0 Å². The van der Waals surface area contributed by atoms with E-state index in [1.54, 1.807) is 7.05 Å². The second kappa shape index (κ2) is 4.52. The number of hydrogen-bond acceptors (Lipinski definition) is 4. The predicted molar refractivity (Wildman–Crippen MR) is 58.9 cm³/mol. The number of anilines is 1. The van der Waals surface area contributed by atoms with E-state index in [2.05, 4.69) is 10.4 Å². The molecule has 6 heteroatoms. The molecule has 1 aromatic heterocycles. The Hall–Kier alpha value is -1.56. The van der Waals surface area contributed by atoms with E-state index in [0.717, 1.165) is 19.6 Å². The molecule has 1 fully saturated rings. The molecule has 2 heterocycles. The number of ether oxygens (including phenoxy) is 1. The summed E-state index contributed by atoms with van der Waals surface area (Å²) < 4.78 is 6.72. The van der Waals surface area contributed by atoms with E-state index in [9.17, 15) is 4.79 Å². The van der Waals surface area contributed by atoms with Crippen molar-refractivity contribution in [1.82, 2.24) is 15.1 Å². The van der Waals surface area contributed by atoms with E-state index in [0.29, 0.717) is 23.8 Å². The highest BCUT2D eigenvalue weighted by Crippen LogP contribution is 2.12. The first-order chi connectivity index (χ1) is 7.68. The van der Waals surface area contributed by atoms with Gasteiger partial charge in [-0.2, -0.15) is 5.10 Å². The second-order valence-corrected chi connectivity index (χ2v) is 4.01. The van der Waals surface area contributed by atoms with E-state index in [1.165, 1.54) is 10.9 Å². The number of aromatic nitrogens is 2. The number of nitrogen functional groups attached to an aromatic ring is 1. The van der Waals surface area contributed by atoms with Crippen LogP contribution in [0, 0.1) is 5.92 Å². The van der Waals surface area contributed by atoms with Gasteiger partial charge in [0.15, 0.2) is 0 Å². The molecule has 0 spiro atoms. The highest BCUT2D eigenvalue weighted by atomic mass is 16.5. The Bertz CT molecular complexity index is 363. The molecule has 3 N–H and O–H groups in total. The van der Waals surface area contributed by atoms with Crippen LogP contribution >= 0.6 is 0 Å². The summed E-state index contributed by atoms with van der Waals surface area (Å²) in [5.41, 5.74) is 6.48. The lowest BCUT2D eigenvalue weighted by Crippen LogP contribution is -2.31. The monoisotopic (exact) mass is 224 g/mol. The summed E-state index contributed by atoms with van der Waals surface area (Å²) in [6.07, 6.45) is 2.48. The Morgan fingerprint density at radius 1 is 1.81 bits per heavy atom. The quantitative estimate of drug-likeness (QED) is 0.743. The first kappa shape index (κ1) is 10.9. The minimum Gasteiger partial charge on any atom is -0.396 e. The van der Waals surface area contributed by atoms with Crippen molar-refractivity contribution in [3.8, 4) is 0 Å². The number of aryl methyl sites for hydroxylation is 1. The maximum absolute atomic E-state index is 11.8. The molecule has 2 rings (SSSR count). The molecule has 0 aliphatic carbocycles. The van der Waals surface area contributed by atoms with Crippen LogP contribution in [0.5, 0.6) is 0 Å². The number of carbonyl (C=O) groups excluding carboxylic acids is 1. The van der Waals surface area contributed by atoms with Crippen LogP contribution in [0.3, 0.4) is 0 Å². The summed E-state index contributed by atoms with van der Waals surface area (Å²) in [6, 6.07) is 0. The number of nitrogens with two attached hydrogens (primary N) is 1. The molecule has 0 saturated carbocycles. The molecule has 1 aliphatic rings. The lowest BCUT2D eigenvalue weighted by molar-refractivity contribution is 0.0936. The highest BCUT2D eigenvalue weighted by molar-refractivity contribution is 5.97. The molecule has 88 valence electrons. The van der Waals surface area contributed by atoms with Crippen LogP contribution in [-0.4, -0.2) is 35.4 Å². The smallest absolute Gasteiger partial charge is 0.271 e. The first-order valence-electron chi connectivity index (χ1n) is 5.32. The molecule has 16 heavy (non-hydrogen) atoms. The van der Waals surface area contributed by atoms with E-state index in [1.807, 2.05) is 0 Å². The highest BCUT2D eigenvalue weighted by Gasteiger charge is 2.19. The molecular weight excluding hydrogens is 208 g/mol. The van der Waals surface area contributed by atoms with Crippen LogP contribution in [0.1, 0.15) is 16.9 Å². The lowest BCUT2D eigenvalue weighted by Gasteiger charge is -2.09. The Morgan fingerprint density at radius 3 is 3.19 bits per heavy atom. The molecular formula is C10H16N4O2. The minimum absolute atomic E-state index is 0.176. The van der Waals surface area contributed by atoms with Gasteiger partial charge >= 0.3 is 0 Å². The van der Waals surface area contributed by atoms with Crippen molar-refractivity contribution in [2.45, 2.75) is 6.42 Å². The van der Waals surface area contributed by atoms with Crippen LogP contribution in [0.4, 0.5) is 5.69 Å². The van der Waals surface area contributed by atoms with E-state index in [-0.39, 0.29) is 5.91 Å². The Kier molecular flexibility index (Phi) is 3.09. The molecule has 1 unspecified atom stereocenters. The van der Waals surface area contributed by atoms with Crippen molar-refractivity contribution >= 4 is 11.6 Å². The van der Waals surface area contributed by atoms with Gasteiger partial charge in [-0.15, -0.1) is 0 Å². The average Bonchev–Trinajstić information content (AvgIpc) is 2.86. The van der Waals surface area contributed by atoms with Crippen molar-refractivity contribution in [2.75, 3.05) is 25.5 Å². The normalized spacial score (nSPS) is 19.9. The molecule has 1 amide bonds. The van der Waals surface area contributed by atoms with Gasteiger partial charge < -0.3 is 15.8 Å². The van der Waals surface area contributed by atoms with Crippen molar-refractivity contribution < 1.29 is 9.53 Å². The van der Waals surface area contributed by atoms with Crippen LogP contribution in [0.15, 0.2) is 6.20 Å². The summed E-state index contributed by atoms with van der Waals surface area (Å²) >= 11 is 0. The predicted octanol–water partition coefficient (Wildman–Crippen LogP) is -0.231. The fourth-order valence-corrected chi connectivity index (χ4v) is 1.80. The number of amides is 1. The van der Waals surface area contributed by atoms with E-state index in [4.69, 9.17) is 10.5 Å². The number of nitrogens with zero attached hydrogens (tertiary/aromatic N) is 2. The summed E-state index contributed by atoms with van der Waals surface area (Å²) in [4.78, 5) is 11.8. The minimum atomic E-state index is -0.176. The molecule has 1 aliphatic heterocycles. The average molecular weight is 224 g/mol. The zero-order chi connectivity index (χ0) is 11.5. The molecule has 1 saturated heterocycles. The molecule has 1 atom stereocenters. The fraction of sp³-hybridized carbons (Fsp3) is 0.600. The van der Waals surface area contributed by atoms with Gasteiger partial charge in [0.1, 0.15) is 5.69 Å². The Morgan fingerprint density at radius 2 is 2.62 bits per heavy atom. The maximum atomic E-state index is 11.8. The topological polar surface area (TPSA) is 82.2 Å². The number of rotatable bonds is 3. The van der Waals surface area contributed by atoms with Gasteiger partial charge in [0.05, 0.1) is 18.5 Å². The summed E-state index contributed by atoms with van der Waals surface area (Å²) in [7, 11) is 1.70. The van der Waals surface area contributed by atoms with Crippen LogP contribution in [0.25, 0.3) is 0 Å². The largest absolute Gasteiger partial charge is 0.396 e. The van der Waals surface area contributed by atoms with Crippen molar-refractivity contribution in [2.24, 2.45) is 13.0 Å². The number of nitrogens with one attached hydrogen (secondary N) is 1. The van der Waals surface area contributed by atoms with Gasteiger partial charge in [0.25, 0.3) is 5.91 Å². The van der Waals surface area contributed by atoms with Crippen molar-refractivity contribution in [3.63, 3.8) is 0 Å². The number of hydrogen-bond donors (Lipinski definition) is 2. The van der Waals surface area contributed by atoms with Crippen molar-refractivity contribution in [3.05, 3.63) is 11.9 Å². The summed E-state index contributed by atoms with van der Waals surface area (Å²) in [6.45, 7) is 2.14. The van der Waals surface area contributed by atoms with Crippen LogP contribution < -0.4 is 11.1 Å². The Labute approximate surface area is 93.8 Å². The standard InChI is InChI=1S/C10H16N4O2/c1-14-9(8(11)5-13-14)10(15)12-4-7-2-3-16-6-7/h5,7H,2-4,6,11H2,1H3,(H,12,15). The van der Waals surface area contributed by atoms with Crippen LogP contribution in [-0.2, 0) is 11.8 Å². The first-order valence-corrected chi connectivity index (χ1v) is 5.32. The van der Waals surface area contributed by atoms with E-state index >= 15 is 0 Å². The lowest BCUT2D eigenvalue weighted by atomic mass is 10.1. The summed E-state index contributed by atoms with van der Waals surface area (Å²) in [5, 5.41) is 6.77. The van der Waals surface area contributed by atoms with Gasteiger partial charge in [0, 0.05) is 26.1 Å². The fourth-order valence-electron chi connectivity index (χ4n) is 1.80. The third-order valence-corrected chi connectivity index (χ3v) is 2.76. The molecule has 0 radical (unpaired) electrons. The zero-order valence-electron chi connectivity index (χ0n) is 9.27. The number of carbonyl (C=O) groups is 1. The SMILES string of the molecule is Cn1ncc(N)c1C(=O)NCC1CCOC1. The molecule has 6 nitrogen and oxygen atoms in total. The van der Waals surface area contributed by atoms with Crippen molar-refractivity contribution in [1.29, 1.82) is 0 Å². The van der Waals surface area contributed by atoms with Gasteiger partial charge in [-0.1, -0.05) is 0 Å². The second-order valence-electron chi connectivity index (χ2n) is 4.01. The van der Waals surface area contributed by atoms with Crippen LogP contribution in [0.2, 0.25) is 0 Å². The van der Waals surface area contributed by atoms with Gasteiger partial charge in [-0.3, -0.25) is 9.48 Å². The molecule has 0 aromatic carbocycles. The third-order valence-electron chi connectivity index (χ3n) is 2.76. The van der Waals surface area contributed by atoms with E-state index < -0.39 is 0 Å². The Balaban J connectivity index is 1.92. The van der Waals surface area contributed by atoms with Gasteiger partial charge in [-0.05, 0) is 6.42 Å². The van der Waals surface area contributed by atoms with Gasteiger partial charge in [-0.25, -0.2) is 0 Å². The molecule has 1 aromatic rings. The zero-order valence-corrected chi connectivity index (χ0v) is 9.27. The maximum Gasteiger partial charge on any atom is 0.271 e. The third kappa shape index (κ3) is 2.16. The molecule has 0 bridgehead atoms. The summed E-state index contributed by atoms with van der Waals surface area (Å²) in [5.74, 6) is 0.239.